The average molecular weight is 685 g/mol. The van der Waals surface area contributed by atoms with Crippen molar-refractivity contribution in [3.8, 4) is 0 Å². The summed E-state index contributed by atoms with van der Waals surface area (Å²) >= 11 is 0. The smallest absolute Gasteiger partial charge is 0.305 e. The number of halogens is 2. The molecule has 0 bridgehead atoms. The standard InChI is InChI=1S/C41H34F2N4O4/c42-33-20-16-28(17-21-33)39(29-18-22-34(43)23-19-29)37(25-24-35(48)26-36(49)27-38(50)51)40-44-46-47(45-40)41(30-10-4-1-5-11-30,31-12-6-2-7-13-31)32-14-8-3-9-15-32/h1-25,35-36,48-49H,26-27H2,(H,50,51)/b25-24+. The molecule has 6 rings (SSSR count). The Bertz CT molecular complexity index is 1980. The van der Waals surface area contributed by atoms with Crippen LogP contribution >= 0.6 is 0 Å². The van der Waals surface area contributed by atoms with Gasteiger partial charge in [0.05, 0.1) is 18.6 Å². The number of carboxylic acid groups (broad SMARTS) is 1. The minimum Gasteiger partial charge on any atom is -0.481 e. The van der Waals surface area contributed by atoms with E-state index in [1.165, 1.54) is 35.1 Å². The van der Waals surface area contributed by atoms with E-state index in [0.717, 1.165) is 16.7 Å². The first-order valence-electron chi connectivity index (χ1n) is 16.3. The fourth-order valence-corrected chi connectivity index (χ4v) is 6.18. The summed E-state index contributed by atoms with van der Waals surface area (Å²) in [5, 5.41) is 44.4. The van der Waals surface area contributed by atoms with E-state index >= 15 is 0 Å². The van der Waals surface area contributed by atoms with E-state index in [0.29, 0.717) is 22.3 Å². The topological polar surface area (TPSA) is 121 Å². The van der Waals surface area contributed by atoms with E-state index in [-0.39, 0.29) is 12.2 Å². The second-order valence-electron chi connectivity index (χ2n) is 11.9. The number of carboxylic acids is 1. The highest BCUT2D eigenvalue weighted by Gasteiger charge is 2.41. The minimum absolute atomic E-state index is 0.125. The number of hydrogen-bond donors (Lipinski definition) is 3. The van der Waals surface area contributed by atoms with Crippen molar-refractivity contribution in [3.63, 3.8) is 0 Å². The van der Waals surface area contributed by atoms with Gasteiger partial charge in [-0.15, -0.1) is 15.0 Å². The summed E-state index contributed by atoms with van der Waals surface area (Å²) in [5.41, 5.74) is 3.37. The normalized spacial score (nSPS) is 12.8. The molecular weight excluding hydrogens is 650 g/mol. The number of aliphatic hydroxyl groups excluding tert-OH is 2. The number of aromatic nitrogens is 4. The Hall–Kier alpha value is -6.10. The average Bonchev–Trinajstić information content (AvgIpc) is 3.63. The SMILES string of the molecule is O=C(O)CC(O)CC(O)/C=C/C(=C(c1ccc(F)cc1)c1ccc(F)cc1)c1nnn(C(c2ccccc2)(c2ccccc2)c2ccccc2)n1. The molecule has 10 heteroatoms. The van der Waals surface area contributed by atoms with E-state index in [9.17, 15) is 23.8 Å². The lowest BCUT2D eigenvalue weighted by atomic mass is 9.77. The molecule has 0 radical (unpaired) electrons. The van der Waals surface area contributed by atoms with Crippen LogP contribution in [0.5, 0.6) is 0 Å². The molecule has 0 aliphatic carbocycles. The van der Waals surface area contributed by atoms with Crippen molar-refractivity contribution in [2.24, 2.45) is 0 Å². The maximum absolute atomic E-state index is 14.2. The molecule has 2 atom stereocenters. The Morgan fingerprint density at radius 1 is 0.706 bits per heavy atom. The fraction of sp³-hybridized carbons (Fsp3) is 0.122. The van der Waals surface area contributed by atoms with Gasteiger partial charge in [0.2, 0.25) is 5.82 Å². The second-order valence-corrected chi connectivity index (χ2v) is 11.9. The summed E-state index contributed by atoms with van der Waals surface area (Å²) in [5.74, 6) is -1.99. The molecule has 0 aliphatic rings. The van der Waals surface area contributed by atoms with Crippen molar-refractivity contribution < 1.29 is 28.9 Å². The molecule has 1 aromatic heterocycles. The predicted molar refractivity (Wildman–Crippen MR) is 189 cm³/mol. The van der Waals surface area contributed by atoms with E-state index in [1.54, 1.807) is 30.3 Å². The third kappa shape index (κ3) is 7.72. The number of rotatable bonds is 13. The monoisotopic (exact) mass is 684 g/mol. The van der Waals surface area contributed by atoms with Crippen LogP contribution in [0.15, 0.2) is 152 Å². The van der Waals surface area contributed by atoms with Crippen molar-refractivity contribution >= 4 is 17.1 Å². The second kappa shape index (κ2) is 15.6. The molecular formula is C41H34F2N4O4. The van der Waals surface area contributed by atoms with Gasteiger partial charge in [0.1, 0.15) is 11.6 Å². The van der Waals surface area contributed by atoms with E-state index in [1.807, 2.05) is 91.0 Å². The van der Waals surface area contributed by atoms with E-state index in [2.05, 4.69) is 10.3 Å². The zero-order valence-corrected chi connectivity index (χ0v) is 27.3. The largest absolute Gasteiger partial charge is 0.481 e. The molecule has 0 saturated heterocycles. The molecule has 0 fully saturated rings. The third-order valence-electron chi connectivity index (χ3n) is 8.47. The van der Waals surface area contributed by atoms with Gasteiger partial charge in [0, 0.05) is 17.6 Å². The Morgan fingerprint density at radius 3 is 1.59 bits per heavy atom. The molecule has 256 valence electrons. The number of allylic oxidation sites excluding steroid dienone is 2. The highest BCUT2D eigenvalue weighted by atomic mass is 19.1. The first kappa shape index (κ1) is 34.8. The lowest BCUT2D eigenvalue weighted by Gasteiger charge is -2.34. The summed E-state index contributed by atoms with van der Waals surface area (Å²) in [6.07, 6.45) is -0.406. The summed E-state index contributed by atoms with van der Waals surface area (Å²) in [6, 6.07) is 40.8. The summed E-state index contributed by atoms with van der Waals surface area (Å²) < 4.78 is 28.4. The van der Waals surface area contributed by atoms with Crippen LogP contribution in [0.1, 0.15) is 46.5 Å². The highest BCUT2D eigenvalue weighted by Crippen LogP contribution is 2.40. The van der Waals surface area contributed by atoms with Crippen LogP contribution in [0, 0.1) is 11.6 Å². The van der Waals surface area contributed by atoms with Crippen molar-refractivity contribution in [2.75, 3.05) is 0 Å². The zero-order chi connectivity index (χ0) is 35.8. The lowest BCUT2D eigenvalue weighted by Crippen LogP contribution is -2.39. The van der Waals surface area contributed by atoms with Crippen molar-refractivity contribution in [1.82, 2.24) is 20.2 Å². The number of carbonyl (C=O) groups is 1. The van der Waals surface area contributed by atoms with E-state index in [4.69, 9.17) is 10.2 Å². The molecule has 5 aromatic carbocycles. The van der Waals surface area contributed by atoms with Crippen LogP contribution in [0.3, 0.4) is 0 Å². The minimum atomic E-state index is -1.30. The number of aliphatic hydroxyl groups is 2. The van der Waals surface area contributed by atoms with Crippen molar-refractivity contribution in [1.29, 1.82) is 0 Å². The number of hydrogen-bond acceptors (Lipinski definition) is 6. The Kier molecular flexibility index (Phi) is 10.6. The molecule has 6 aromatic rings. The predicted octanol–water partition coefficient (Wildman–Crippen LogP) is 6.89. The third-order valence-corrected chi connectivity index (χ3v) is 8.47. The first-order valence-corrected chi connectivity index (χ1v) is 16.3. The van der Waals surface area contributed by atoms with Crippen LogP contribution < -0.4 is 0 Å². The van der Waals surface area contributed by atoms with Gasteiger partial charge in [-0.2, -0.15) is 0 Å². The molecule has 51 heavy (non-hydrogen) atoms. The first-order chi connectivity index (χ1) is 24.8. The summed E-state index contributed by atoms with van der Waals surface area (Å²) in [4.78, 5) is 12.7. The molecule has 0 spiro atoms. The van der Waals surface area contributed by atoms with Crippen LogP contribution in [0.25, 0.3) is 11.1 Å². The molecule has 1 heterocycles. The quantitative estimate of drug-likeness (QED) is 0.0895. The van der Waals surface area contributed by atoms with Crippen molar-refractivity contribution in [3.05, 3.63) is 197 Å². The maximum atomic E-state index is 14.2. The molecule has 2 unspecified atom stereocenters. The number of aliphatic carboxylic acids is 1. The highest BCUT2D eigenvalue weighted by molar-refractivity contribution is 6.00. The Labute approximate surface area is 293 Å². The lowest BCUT2D eigenvalue weighted by molar-refractivity contribution is -0.139. The molecule has 3 N–H and O–H groups in total. The van der Waals surface area contributed by atoms with Gasteiger partial charge >= 0.3 is 5.97 Å². The van der Waals surface area contributed by atoms with Gasteiger partial charge in [-0.1, -0.05) is 127 Å². The molecule has 0 aliphatic heterocycles. The molecule has 8 nitrogen and oxygen atoms in total. The summed E-state index contributed by atoms with van der Waals surface area (Å²) in [6.45, 7) is 0. The van der Waals surface area contributed by atoms with Gasteiger partial charge in [-0.05, 0) is 57.3 Å². The number of benzene rings is 5. The number of tetrazole rings is 1. The van der Waals surface area contributed by atoms with E-state index < -0.39 is 41.8 Å². The van der Waals surface area contributed by atoms with Gasteiger partial charge in [0.25, 0.3) is 0 Å². The summed E-state index contributed by atoms with van der Waals surface area (Å²) in [7, 11) is 0. The van der Waals surface area contributed by atoms with Gasteiger partial charge < -0.3 is 15.3 Å². The van der Waals surface area contributed by atoms with Crippen LogP contribution in [0.4, 0.5) is 8.78 Å². The van der Waals surface area contributed by atoms with Gasteiger partial charge in [0.15, 0.2) is 5.54 Å². The fourth-order valence-electron chi connectivity index (χ4n) is 6.18. The van der Waals surface area contributed by atoms with Gasteiger partial charge in [-0.3, -0.25) is 4.79 Å². The van der Waals surface area contributed by atoms with Crippen LogP contribution in [-0.4, -0.2) is 53.7 Å². The number of nitrogens with zero attached hydrogens (tertiary/aromatic N) is 4. The maximum Gasteiger partial charge on any atom is 0.305 e. The zero-order valence-electron chi connectivity index (χ0n) is 27.3. The van der Waals surface area contributed by atoms with Gasteiger partial charge in [-0.25, -0.2) is 8.78 Å². The molecule has 0 saturated carbocycles. The Balaban J connectivity index is 1.61. The van der Waals surface area contributed by atoms with Crippen molar-refractivity contribution in [2.45, 2.75) is 30.6 Å². The molecule has 0 amide bonds. The Morgan fingerprint density at radius 2 is 1.16 bits per heavy atom. The van der Waals surface area contributed by atoms with Crippen LogP contribution in [0.2, 0.25) is 0 Å². The van der Waals surface area contributed by atoms with Crippen LogP contribution in [-0.2, 0) is 10.3 Å².